The molecule has 1 aromatic carbocycles. The SMILES string of the molecule is CC(C)(CNC(=O)C1(Cc2ccccc2)CCC1)NS(C)(=O)=O. The second-order valence-electron chi connectivity index (χ2n) is 7.24. The molecule has 0 atom stereocenters. The smallest absolute Gasteiger partial charge is 0.226 e. The summed E-state index contributed by atoms with van der Waals surface area (Å²) < 4.78 is 25.3. The third kappa shape index (κ3) is 5.04. The van der Waals surface area contributed by atoms with Gasteiger partial charge in [-0.2, -0.15) is 0 Å². The normalized spacial score (nSPS) is 17.3. The molecule has 0 spiro atoms. The Bertz CT molecular complexity index is 650. The van der Waals surface area contributed by atoms with Gasteiger partial charge in [-0.05, 0) is 38.7 Å². The highest BCUT2D eigenvalue weighted by molar-refractivity contribution is 7.88. The Morgan fingerprint density at radius 3 is 2.30 bits per heavy atom. The van der Waals surface area contributed by atoms with Crippen molar-refractivity contribution in [2.45, 2.75) is 45.1 Å². The molecular formula is C17H26N2O3S. The summed E-state index contributed by atoms with van der Waals surface area (Å²) in [5, 5.41) is 2.94. The van der Waals surface area contributed by atoms with E-state index < -0.39 is 15.6 Å². The minimum Gasteiger partial charge on any atom is -0.354 e. The molecule has 6 heteroatoms. The fourth-order valence-electron chi connectivity index (χ4n) is 3.10. The predicted molar refractivity (Wildman–Crippen MR) is 91.5 cm³/mol. The van der Waals surface area contributed by atoms with Gasteiger partial charge in [0.15, 0.2) is 0 Å². The molecule has 1 saturated carbocycles. The van der Waals surface area contributed by atoms with Gasteiger partial charge in [-0.3, -0.25) is 4.79 Å². The summed E-state index contributed by atoms with van der Waals surface area (Å²) in [6.07, 6.45) is 4.69. The first-order valence-corrected chi connectivity index (χ1v) is 9.82. The van der Waals surface area contributed by atoms with Crippen LogP contribution in [-0.2, 0) is 21.2 Å². The number of carbonyl (C=O) groups excluding carboxylic acids is 1. The van der Waals surface area contributed by atoms with Crippen LogP contribution in [0.4, 0.5) is 0 Å². The van der Waals surface area contributed by atoms with Crippen LogP contribution in [0, 0.1) is 5.41 Å². The lowest BCUT2D eigenvalue weighted by molar-refractivity contribution is -0.136. The van der Waals surface area contributed by atoms with Crippen molar-refractivity contribution in [3.63, 3.8) is 0 Å². The first kappa shape index (κ1) is 17.9. The second-order valence-corrected chi connectivity index (χ2v) is 8.99. The van der Waals surface area contributed by atoms with Gasteiger partial charge in [0.1, 0.15) is 0 Å². The van der Waals surface area contributed by atoms with E-state index in [-0.39, 0.29) is 17.9 Å². The minimum absolute atomic E-state index is 0.0241. The zero-order valence-corrected chi connectivity index (χ0v) is 14.9. The maximum absolute atomic E-state index is 12.7. The fraction of sp³-hybridized carbons (Fsp3) is 0.588. The lowest BCUT2D eigenvalue weighted by atomic mass is 9.64. The first-order valence-electron chi connectivity index (χ1n) is 7.93. The lowest BCUT2D eigenvalue weighted by Crippen LogP contribution is -2.55. The van der Waals surface area contributed by atoms with Gasteiger partial charge in [-0.15, -0.1) is 0 Å². The summed E-state index contributed by atoms with van der Waals surface area (Å²) in [5.74, 6) is 0.0241. The Kier molecular flexibility index (Phi) is 5.16. The Balaban J connectivity index is 1.98. The molecule has 0 bridgehead atoms. The van der Waals surface area contributed by atoms with E-state index in [1.807, 2.05) is 30.3 Å². The molecule has 0 heterocycles. The molecule has 0 radical (unpaired) electrons. The highest BCUT2D eigenvalue weighted by Crippen LogP contribution is 2.44. The van der Waals surface area contributed by atoms with Crippen molar-refractivity contribution in [3.05, 3.63) is 35.9 Å². The first-order chi connectivity index (χ1) is 10.6. The van der Waals surface area contributed by atoms with E-state index >= 15 is 0 Å². The molecule has 1 aromatic rings. The van der Waals surface area contributed by atoms with E-state index in [4.69, 9.17) is 0 Å². The Labute approximate surface area is 138 Å². The van der Waals surface area contributed by atoms with Crippen molar-refractivity contribution in [2.24, 2.45) is 5.41 Å². The van der Waals surface area contributed by atoms with E-state index in [2.05, 4.69) is 10.0 Å². The number of benzene rings is 1. The van der Waals surface area contributed by atoms with E-state index in [1.54, 1.807) is 13.8 Å². The number of carbonyl (C=O) groups is 1. The number of sulfonamides is 1. The summed E-state index contributed by atoms with van der Waals surface area (Å²) in [5.41, 5.74) is 0.111. The van der Waals surface area contributed by atoms with Crippen LogP contribution in [0.1, 0.15) is 38.7 Å². The maximum atomic E-state index is 12.7. The van der Waals surface area contributed by atoms with Gasteiger partial charge in [0.2, 0.25) is 15.9 Å². The monoisotopic (exact) mass is 338 g/mol. The molecular weight excluding hydrogens is 312 g/mol. The summed E-state index contributed by atoms with van der Waals surface area (Å²) >= 11 is 0. The molecule has 128 valence electrons. The molecule has 1 fully saturated rings. The second kappa shape index (κ2) is 6.61. The molecule has 1 aliphatic carbocycles. The van der Waals surface area contributed by atoms with Gasteiger partial charge in [0, 0.05) is 12.1 Å². The van der Waals surface area contributed by atoms with Crippen LogP contribution in [0.15, 0.2) is 30.3 Å². The number of nitrogens with one attached hydrogen (secondary N) is 2. The molecule has 0 unspecified atom stereocenters. The Hall–Kier alpha value is -1.40. The Morgan fingerprint density at radius 2 is 1.83 bits per heavy atom. The maximum Gasteiger partial charge on any atom is 0.226 e. The third-order valence-corrected chi connectivity index (χ3v) is 5.25. The van der Waals surface area contributed by atoms with Crippen molar-refractivity contribution in [2.75, 3.05) is 12.8 Å². The number of hydrogen-bond donors (Lipinski definition) is 2. The highest BCUT2D eigenvalue weighted by atomic mass is 32.2. The third-order valence-electron chi connectivity index (χ3n) is 4.33. The average Bonchev–Trinajstić information content (AvgIpc) is 2.39. The zero-order valence-electron chi connectivity index (χ0n) is 14.1. The van der Waals surface area contributed by atoms with Crippen LogP contribution >= 0.6 is 0 Å². The van der Waals surface area contributed by atoms with E-state index in [9.17, 15) is 13.2 Å². The van der Waals surface area contributed by atoms with E-state index in [0.717, 1.165) is 37.5 Å². The summed E-state index contributed by atoms with van der Waals surface area (Å²) in [6, 6.07) is 10.0. The lowest BCUT2D eigenvalue weighted by Gasteiger charge is -2.41. The van der Waals surface area contributed by atoms with Crippen LogP contribution < -0.4 is 10.0 Å². The summed E-state index contributed by atoms with van der Waals surface area (Å²) in [7, 11) is -3.31. The van der Waals surface area contributed by atoms with Gasteiger partial charge >= 0.3 is 0 Å². The van der Waals surface area contributed by atoms with Crippen molar-refractivity contribution in [1.82, 2.24) is 10.0 Å². The summed E-state index contributed by atoms with van der Waals surface area (Å²) in [4.78, 5) is 12.7. The molecule has 0 saturated heterocycles. The van der Waals surface area contributed by atoms with Gasteiger partial charge in [-0.25, -0.2) is 13.1 Å². The van der Waals surface area contributed by atoms with Crippen molar-refractivity contribution < 1.29 is 13.2 Å². The van der Waals surface area contributed by atoms with Crippen LogP contribution in [-0.4, -0.2) is 32.7 Å². The van der Waals surface area contributed by atoms with Crippen molar-refractivity contribution in [1.29, 1.82) is 0 Å². The molecule has 0 aromatic heterocycles. The van der Waals surface area contributed by atoms with Crippen LogP contribution in [0.25, 0.3) is 0 Å². The standard InChI is InChI=1S/C17H26N2O3S/c1-16(2,19-23(3,21)22)13-18-15(20)17(10-7-11-17)12-14-8-5-4-6-9-14/h4-6,8-9,19H,7,10-13H2,1-3H3,(H,18,20). The van der Waals surface area contributed by atoms with E-state index in [0.29, 0.717) is 0 Å². The quantitative estimate of drug-likeness (QED) is 0.796. The molecule has 1 amide bonds. The van der Waals surface area contributed by atoms with Crippen LogP contribution in [0.5, 0.6) is 0 Å². The molecule has 2 rings (SSSR count). The molecule has 1 aliphatic rings. The van der Waals surface area contributed by atoms with Gasteiger partial charge in [0.25, 0.3) is 0 Å². The average molecular weight is 338 g/mol. The summed E-state index contributed by atoms with van der Waals surface area (Å²) in [6.45, 7) is 3.80. The number of amides is 1. The van der Waals surface area contributed by atoms with Gasteiger partial charge in [-0.1, -0.05) is 36.8 Å². The van der Waals surface area contributed by atoms with E-state index in [1.165, 1.54) is 0 Å². The van der Waals surface area contributed by atoms with Crippen LogP contribution in [0.3, 0.4) is 0 Å². The highest BCUT2D eigenvalue weighted by Gasteiger charge is 2.44. The van der Waals surface area contributed by atoms with Crippen molar-refractivity contribution in [3.8, 4) is 0 Å². The number of rotatable bonds is 7. The minimum atomic E-state index is -3.31. The fourth-order valence-corrected chi connectivity index (χ4v) is 4.18. The Morgan fingerprint density at radius 1 is 1.22 bits per heavy atom. The molecule has 5 nitrogen and oxygen atoms in total. The molecule has 2 N–H and O–H groups in total. The van der Waals surface area contributed by atoms with Crippen molar-refractivity contribution >= 4 is 15.9 Å². The zero-order chi connectivity index (χ0) is 17.1. The van der Waals surface area contributed by atoms with Gasteiger partial charge < -0.3 is 5.32 Å². The molecule has 23 heavy (non-hydrogen) atoms. The van der Waals surface area contributed by atoms with Crippen LogP contribution in [0.2, 0.25) is 0 Å². The topological polar surface area (TPSA) is 75.3 Å². The molecule has 0 aliphatic heterocycles. The van der Waals surface area contributed by atoms with Gasteiger partial charge in [0.05, 0.1) is 11.7 Å². The predicted octanol–water partition coefficient (Wildman–Crippen LogP) is 1.84. The largest absolute Gasteiger partial charge is 0.354 e. The number of hydrogen-bond acceptors (Lipinski definition) is 3.